The van der Waals surface area contributed by atoms with Gasteiger partial charge in [0.2, 0.25) is 5.91 Å². The summed E-state index contributed by atoms with van der Waals surface area (Å²) in [5.74, 6) is -0.484. The van der Waals surface area contributed by atoms with E-state index in [2.05, 4.69) is 4.90 Å². The lowest BCUT2D eigenvalue weighted by Crippen LogP contribution is -2.45. The third-order valence-electron chi connectivity index (χ3n) is 4.79. The number of amides is 1. The van der Waals surface area contributed by atoms with Gasteiger partial charge in [0, 0.05) is 50.3 Å². The van der Waals surface area contributed by atoms with Crippen molar-refractivity contribution in [3.8, 4) is 0 Å². The zero-order valence-corrected chi connectivity index (χ0v) is 12.9. The highest BCUT2D eigenvalue weighted by Crippen LogP contribution is 2.32. The van der Waals surface area contributed by atoms with Crippen LogP contribution in [-0.4, -0.2) is 41.9 Å². The standard InChI is InChI=1S/C17H22F2N2O/c1-20(17(22)12-2-3-12)15-6-8-21(9-7-15)11-13-4-5-14(18)10-16(13)19/h4-5,10,12,15H,2-3,6-9,11H2,1H3. The highest BCUT2D eigenvalue weighted by molar-refractivity contribution is 5.81. The van der Waals surface area contributed by atoms with Crippen molar-refractivity contribution >= 4 is 5.91 Å². The second-order valence-electron chi connectivity index (χ2n) is 6.47. The van der Waals surface area contributed by atoms with Crippen LogP contribution >= 0.6 is 0 Å². The molecule has 0 radical (unpaired) electrons. The third kappa shape index (κ3) is 3.46. The Balaban J connectivity index is 1.52. The number of carbonyl (C=O) groups excluding carboxylic acids is 1. The number of likely N-dealkylation sites (tertiary alicyclic amines) is 1. The molecule has 2 aliphatic rings. The van der Waals surface area contributed by atoms with E-state index in [4.69, 9.17) is 0 Å². The smallest absolute Gasteiger partial charge is 0.225 e. The molecule has 1 aromatic carbocycles. The molecular formula is C17H22F2N2O. The summed E-state index contributed by atoms with van der Waals surface area (Å²) in [6.07, 6.45) is 3.90. The van der Waals surface area contributed by atoms with Gasteiger partial charge in [0.05, 0.1) is 0 Å². The molecule has 120 valence electrons. The molecule has 1 saturated heterocycles. The van der Waals surface area contributed by atoms with E-state index in [0.717, 1.165) is 44.8 Å². The first-order valence-electron chi connectivity index (χ1n) is 7.97. The summed E-state index contributed by atoms with van der Waals surface area (Å²) >= 11 is 0. The molecule has 0 N–H and O–H groups in total. The van der Waals surface area contributed by atoms with Crippen molar-refractivity contribution < 1.29 is 13.6 Å². The molecule has 3 nitrogen and oxygen atoms in total. The Bertz CT molecular complexity index is 552. The molecule has 1 aliphatic heterocycles. The summed E-state index contributed by atoms with van der Waals surface area (Å²) in [5, 5.41) is 0. The molecule has 0 bridgehead atoms. The van der Waals surface area contributed by atoms with Gasteiger partial charge in [-0.2, -0.15) is 0 Å². The normalized spacial score (nSPS) is 20.1. The van der Waals surface area contributed by atoms with Crippen molar-refractivity contribution in [2.24, 2.45) is 5.92 Å². The number of benzene rings is 1. The van der Waals surface area contributed by atoms with Crippen LogP contribution in [0.25, 0.3) is 0 Å². The number of hydrogen-bond acceptors (Lipinski definition) is 2. The maximum absolute atomic E-state index is 13.7. The Labute approximate surface area is 129 Å². The zero-order valence-electron chi connectivity index (χ0n) is 12.9. The Hall–Kier alpha value is -1.49. The maximum Gasteiger partial charge on any atom is 0.225 e. The van der Waals surface area contributed by atoms with Crippen LogP contribution in [0.2, 0.25) is 0 Å². The molecule has 1 aromatic rings. The SMILES string of the molecule is CN(C(=O)C1CC1)C1CCN(Cc2ccc(F)cc2F)CC1. The number of piperidine rings is 1. The Morgan fingerprint density at radius 2 is 1.91 bits per heavy atom. The molecule has 0 spiro atoms. The van der Waals surface area contributed by atoms with Crippen molar-refractivity contribution in [2.45, 2.75) is 38.3 Å². The Morgan fingerprint density at radius 1 is 1.23 bits per heavy atom. The second kappa shape index (κ2) is 6.32. The van der Waals surface area contributed by atoms with Crippen LogP contribution < -0.4 is 0 Å². The first-order chi connectivity index (χ1) is 10.5. The molecule has 2 fully saturated rings. The van der Waals surface area contributed by atoms with E-state index in [1.54, 1.807) is 0 Å². The lowest BCUT2D eigenvalue weighted by atomic mass is 10.0. The van der Waals surface area contributed by atoms with Gasteiger partial charge in [0.25, 0.3) is 0 Å². The summed E-state index contributed by atoms with van der Waals surface area (Å²) in [5.41, 5.74) is 0.530. The van der Waals surface area contributed by atoms with E-state index in [1.165, 1.54) is 12.1 Å². The van der Waals surface area contributed by atoms with Crippen LogP contribution in [0, 0.1) is 17.6 Å². The average Bonchev–Trinajstić information content (AvgIpc) is 3.34. The van der Waals surface area contributed by atoms with Crippen molar-refractivity contribution in [2.75, 3.05) is 20.1 Å². The molecule has 5 heteroatoms. The zero-order chi connectivity index (χ0) is 15.7. The number of rotatable bonds is 4. The van der Waals surface area contributed by atoms with Crippen molar-refractivity contribution in [3.05, 3.63) is 35.4 Å². The van der Waals surface area contributed by atoms with Crippen LogP contribution in [0.4, 0.5) is 8.78 Å². The maximum atomic E-state index is 13.7. The highest BCUT2D eigenvalue weighted by atomic mass is 19.1. The van der Waals surface area contributed by atoms with Crippen molar-refractivity contribution in [1.29, 1.82) is 0 Å². The molecule has 1 heterocycles. The van der Waals surface area contributed by atoms with E-state index in [-0.39, 0.29) is 11.8 Å². The lowest BCUT2D eigenvalue weighted by molar-refractivity contribution is -0.134. The number of halogens is 2. The molecule has 0 unspecified atom stereocenters. The fourth-order valence-corrected chi connectivity index (χ4v) is 3.15. The van der Waals surface area contributed by atoms with Crippen molar-refractivity contribution in [1.82, 2.24) is 9.80 Å². The van der Waals surface area contributed by atoms with Crippen LogP contribution in [0.15, 0.2) is 18.2 Å². The minimum atomic E-state index is -0.542. The van der Waals surface area contributed by atoms with Gasteiger partial charge in [-0.05, 0) is 31.7 Å². The van der Waals surface area contributed by atoms with Gasteiger partial charge in [0.15, 0.2) is 0 Å². The van der Waals surface area contributed by atoms with E-state index < -0.39 is 11.6 Å². The average molecular weight is 308 g/mol. The van der Waals surface area contributed by atoms with Crippen LogP contribution in [-0.2, 0) is 11.3 Å². The van der Waals surface area contributed by atoms with Crippen LogP contribution in [0.3, 0.4) is 0 Å². The Kier molecular flexibility index (Phi) is 4.43. The van der Waals surface area contributed by atoms with E-state index in [0.29, 0.717) is 18.2 Å². The lowest BCUT2D eigenvalue weighted by Gasteiger charge is -2.37. The summed E-state index contributed by atoms with van der Waals surface area (Å²) in [7, 11) is 1.90. The fourth-order valence-electron chi connectivity index (χ4n) is 3.15. The molecule has 0 atom stereocenters. The molecule has 0 aromatic heterocycles. The summed E-state index contributed by atoms with van der Waals surface area (Å²) in [6, 6.07) is 4.04. The largest absolute Gasteiger partial charge is 0.342 e. The summed E-state index contributed by atoms with van der Waals surface area (Å²) in [4.78, 5) is 16.2. The topological polar surface area (TPSA) is 23.6 Å². The predicted molar refractivity (Wildman–Crippen MR) is 80.2 cm³/mol. The van der Waals surface area contributed by atoms with Gasteiger partial charge < -0.3 is 4.90 Å². The Morgan fingerprint density at radius 3 is 2.50 bits per heavy atom. The molecule has 3 rings (SSSR count). The van der Waals surface area contributed by atoms with Gasteiger partial charge >= 0.3 is 0 Å². The molecule has 1 aliphatic carbocycles. The summed E-state index contributed by atoms with van der Waals surface area (Å²) in [6.45, 7) is 2.17. The number of carbonyl (C=O) groups is 1. The van der Waals surface area contributed by atoms with Gasteiger partial charge in [-0.25, -0.2) is 8.78 Å². The summed E-state index contributed by atoms with van der Waals surface area (Å²) < 4.78 is 26.6. The minimum Gasteiger partial charge on any atom is -0.342 e. The molecular weight excluding hydrogens is 286 g/mol. The van der Waals surface area contributed by atoms with Crippen LogP contribution in [0.1, 0.15) is 31.2 Å². The van der Waals surface area contributed by atoms with E-state index in [1.807, 2.05) is 11.9 Å². The first-order valence-corrected chi connectivity index (χ1v) is 7.97. The number of hydrogen-bond donors (Lipinski definition) is 0. The van der Waals surface area contributed by atoms with Gasteiger partial charge in [-0.3, -0.25) is 9.69 Å². The van der Waals surface area contributed by atoms with E-state index >= 15 is 0 Å². The quantitative estimate of drug-likeness (QED) is 0.854. The second-order valence-corrected chi connectivity index (χ2v) is 6.47. The monoisotopic (exact) mass is 308 g/mol. The molecule has 1 amide bonds. The van der Waals surface area contributed by atoms with Crippen LogP contribution in [0.5, 0.6) is 0 Å². The van der Waals surface area contributed by atoms with Crippen molar-refractivity contribution in [3.63, 3.8) is 0 Å². The number of nitrogens with zero attached hydrogens (tertiary/aromatic N) is 2. The van der Waals surface area contributed by atoms with Gasteiger partial charge in [-0.15, -0.1) is 0 Å². The third-order valence-corrected chi connectivity index (χ3v) is 4.79. The van der Waals surface area contributed by atoms with Gasteiger partial charge in [-0.1, -0.05) is 6.07 Å². The first kappa shape index (κ1) is 15.4. The predicted octanol–water partition coefficient (Wildman–Crippen LogP) is 2.80. The van der Waals surface area contributed by atoms with Gasteiger partial charge in [0.1, 0.15) is 11.6 Å². The highest BCUT2D eigenvalue weighted by Gasteiger charge is 2.35. The molecule has 1 saturated carbocycles. The minimum absolute atomic E-state index is 0.261. The fraction of sp³-hybridized carbons (Fsp3) is 0.588. The van der Waals surface area contributed by atoms with E-state index in [9.17, 15) is 13.6 Å². The molecule has 22 heavy (non-hydrogen) atoms.